The molecule has 0 aliphatic carbocycles. The molecule has 0 radical (unpaired) electrons. The fraction of sp³-hybridized carbons (Fsp3) is 0.500. The van der Waals surface area contributed by atoms with Gasteiger partial charge in [-0.1, -0.05) is 0 Å². The van der Waals surface area contributed by atoms with Crippen LogP contribution >= 0.6 is 0 Å². The van der Waals surface area contributed by atoms with Crippen molar-refractivity contribution >= 4 is 11.8 Å². The van der Waals surface area contributed by atoms with Gasteiger partial charge in [-0.2, -0.15) is 5.10 Å². The van der Waals surface area contributed by atoms with Crippen LogP contribution in [0.5, 0.6) is 0 Å². The number of hydrogen-bond donors (Lipinski definition) is 1. The number of carbonyl (C=O) groups is 2. The summed E-state index contributed by atoms with van der Waals surface area (Å²) in [5.41, 5.74) is 6.16. The molecule has 0 spiro atoms. The van der Waals surface area contributed by atoms with Crippen molar-refractivity contribution in [1.82, 2.24) is 14.7 Å². The first-order chi connectivity index (χ1) is 7.50. The van der Waals surface area contributed by atoms with Gasteiger partial charge in [0.2, 0.25) is 11.8 Å². The van der Waals surface area contributed by atoms with E-state index in [0.717, 1.165) is 5.56 Å². The second kappa shape index (κ2) is 3.62. The standard InChI is InChI=1S/C10H14N4O2/c1-13-5-6(4-12-13)9-7(10(11)16)3-8(15)14(9)2/h4-5,7,9H,3H2,1-2H3,(H2,11,16)/t7-,9-/m1/s1. The quantitative estimate of drug-likeness (QED) is 0.727. The van der Waals surface area contributed by atoms with Crippen molar-refractivity contribution in [3.63, 3.8) is 0 Å². The molecule has 0 saturated carbocycles. The minimum absolute atomic E-state index is 0.0577. The van der Waals surface area contributed by atoms with Crippen molar-refractivity contribution in [2.75, 3.05) is 7.05 Å². The highest BCUT2D eigenvalue weighted by Crippen LogP contribution is 2.36. The molecule has 2 heterocycles. The molecule has 16 heavy (non-hydrogen) atoms. The van der Waals surface area contributed by atoms with Gasteiger partial charge in [-0.25, -0.2) is 0 Å². The summed E-state index contributed by atoms with van der Waals surface area (Å²) in [7, 11) is 3.47. The number of primary amides is 1. The van der Waals surface area contributed by atoms with Crippen LogP contribution in [-0.4, -0.2) is 33.5 Å². The molecular formula is C10H14N4O2. The van der Waals surface area contributed by atoms with Gasteiger partial charge < -0.3 is 10.6 Å². The minimum atomic E-state index is -0.457. The average Bonchev–Trinajstić information content (AvgIpc) is 2.73. The van der Waals surface area contributed by atoms with Gasteiger partial charge in [0.05, 0.1) is 18.2 Å². The smallest absolute Gasteiger partial charge is 0.223 e. The van der Waals surface area contributed by atoms with Gasteiger partial charge in [0.1, 0.15) is 0 Å². The zero-order chi connectivity index (χ0) is 11.9. The summed E-state index contributed by atoms with van der Waals surface area (Å²) in [6, 6.07) is -0.279. The van der Waals surface area contributed by atoms with Gasteiger partial charge in [-0.15, -0.1) is 0 Å². The van der Waals surface area contributed by atoms with Crippen molar-refractivity contribution in [2.24, 2.45) is 18.7 Å². The van der Waals surface area contributed by atoms with E-state index >= 15 is 0 Å². The molecule has 0 aromatic carbocycles. The molecule has 1 aliphatic heterocycles. The Bertz CT molecular complexity index is 440. The lowest BCUT2D eigenvalue weighted by Gasteiger charge is -2.21. The van der Waals surface area contributed by atoms with Crippen LogP contribution in [0, 0.1) is 5.92 Å². The zero-order valence-corrected chi connectivity index (χ0v) is 9.25. The normalized spacial score (nSPS) is 25.1. The highest BCUT2D eigenvalue weighted by molar-refractivity contribution is 5.89. The third-order valence-corrected chi connectivity index (χ3v) is 3.02. The second-order valence-electron chi connectivity index (χ2n) is 4.11. The molecule has 2 amide bonds. The molecule has 86 valence electrons. The average molecular weight is 222 g/mol. The Hall–Kier alpha value is -1.85. The first kappa shape index (κ1) is 10.7. The van der Waals surface area contributed by atoms with Crippen LogP contribution in [0.25, 0.3) is 0 Å². The van der Waals surface area contributed by atoms with Crippen LogP contribution in [0.3, 0.4) is 0 Å². The predicted molar refractivity (Wildman–Crippen MR) is 56.0 cm³/mol. The molecule has 2 N–H and O–H groups in total. The van der Waals surface area contributed by atoms with E-state index in [1.54, 1.807) is 36.1 Å². The van der Waals surface area contributed by atoms with Crippen LogP contribution < -0.4 is 5.73 Å². The van der Waals surface area contributed by atoms with E-state index in [1.807, 2.05) is 0 Å². The zero-order valence-electron chi connectivity index (χ0n) is 9.25. The van der Waals surface area contributed by atoms with Crippen LogP contribution in [0.2, 0.25) is 0 Å². The van der Waals surface area contributed by atoms with Crippen molar-refractivity contribution in [1.29, 1.82) is 0 Å². The number of hydrogen-bond acceptors (Lipinski definition) is 3. The van der Waals surface area contributed by atoms with E-state index in [2.05, 4.69) is 5.10 Å². The first-order valence-electron chi connectivity index (χ1n) is 5.04. The highest BCUT2D eigenvalue weighted by atomic mass is 16.2. The van der Waals surface area contributed by atoms with Crippen LogP contribution in [0.1, 0.15) is 18.0 Å². The molecule has 2 atom stereocenters. The lowest BCUT2D eigenvalue weighted by atomic mass is 9.95. The van der Waals surface area contributed by atoms with Crippen LogP contribution in [0.4, 0.5) is 0 Å². The van der Waals surface area contributed by atoms with E-state index in [1.165, 1.54) is 0 Å². The first-order valence-corrected chi connectivity index (χ1v) is 5.04. The van der Waals surface area contributed by atoms with Gasteiger partial charge in [-0.05, 0) is 0 Å². The Kier molecular flexibility index (Phi) is 2.41. The van der Waals surface area contributed by atoms with Crippen molar-refractivity contribution < 1.29 is 9.59 Å². The summed E-state index contributed by atoms with van der Waals surface area (Å²) in [6.45, 7) is 0. The molecule has 2 rings (SSSR count). The van der Waals surface area contributed by atoms with Gasteiger partial charge >= 0.3 is 0 Å². The fourth-order valence-corrected chi connectivity index (χ4v) is 2.17. The van der Waals surface area contributed by atoms with Crippen LogP contribution in [-0.2, 0) is 16.6 Å². The summed E-state index contributed by atoms with van der Waals surface area (Å²) < 4.78 is 1.64. The lowest BCUT2D eigenvalue weighted by Crippen LogP contribution is -2.30. The molecule has 6 nitrogen and oxygen atoms in total. The Morgan fingerprint density at radius 2 is 2.25 bits per heavy atom. The topological polar surface area (TPSA) is 81.2 Å². The summed E-state index contributed by atoms with van der Waals surface area (Å²) in [5, 5.41) is 4.04. The molecule has 1 fully saturated rings. The summed E-state index contributed by atoms with van der Waals surface area (Å²) in [4.78, 5) is 24.4. The maximum absolute atomic E-state index is 11.6. The van der Waals surface area contributed by atoms with Gasteiger partial charge in [0.25, 0.3) is 0 Å². The molecule has 0 bridgehead atoms. The number of rotatable bonds is 2. The lowest BCUT2D eigenvalue weighted by molar-refractivity contribution is -0.128. The maximum Gasteiger partial charge on any atom is 0.223 e. The van der Waals surface area contributed by atoms with Crippen molar-refractivity contribution in [2.45, 2.75) is 12.5 Å². The van der Waals surface area contributed by atoms with E-state index in [-0.39, 0.29) is 18.4 Å². The Morgan fingerprint density at radius 3 is 2.75 bits per heavy atom. The number of nitrogens with two attached hydrogens (primary N) is 1. The summed E-state index contributed by atoms with van der Waals surface area (Å²) in [5.74, 6) is -0.953. The molecule has 1 saturated heterocycles. The van der Waals surface area contributed by atoms with Gasteiger partial charge in [-0.3, -0.25) is 14.3 Å². The summed E-state index contributed by atoms with van der Waals surface area (Å²) >= 11 is 0. The molecule has 0 unspecified atom stereocenters. The van der Waals surface area contributed by atoms with E-state index in [4.69, 9.17) is 5.73 Å². The van der Waals surface area contributed by atoms with Crippen molar-refractivity contribution in [3.05, 3.63) is 18.0 Å². The van der Waals surface area contributed by atoms with E-state index in [9.17, 15) is 9.59 Å². The van der Waals surface area contributed by atoms with Crippen LogP contribution in [0.15, 0.2) is 12.4 Å². The maximum atomic E-state index is 11.6. The highest BCUT2D eigenvalue weighted by Gasteiger charge is 2.42. The Morgan fingerprint density at radius 1 is 1.56 bits per heavy atom. The number of likely N-dealkylation sites (tertiary alicyclic amines) is 1. The third-order valence-electron chi connectivity index (χ3n) is 3.02. The number of carbonyl (C=O) groups excluding carboxylic acids is 2. The monoisotopic (exact) mass is 222 g/mol. The van der Waals surface area contributed by atoms with E-state index < -0.39 is 11.8 Å². The van der Waals surface area contributed by atoms with Gasteiger partial charge in [0.15, 0.2) is 0 Å². The SMILES string of the molecule is CN1C(=O)C[C@@H](C(N)=O)[C@H]1c1cnn(C)c1. The third kappa shape index (κ3) is 1.56. The van der Waals surface area contributed by atoms with Gasteiger partial charge in [0, 0.05) is 32.3 Å². The number of amides is 2. The number of nitrogens with zero attached hydrogens (tertiary/aromatic N) is 3. The Labute approximate surface area is 93.0 Å². The molecule has 6 heteroatoms. The Balaban J connectivity index is 2.36. The predicted octanol–water partition coefficient (Wildman–Crippen LogP) is -0.575. The molecular weight excluding hydrogens is 208 g/mol. The number of aryl methyl sites for hydroxylation is 1. The molecule has 1 aliphatic rings. The molecule has 1 aromatic heterocycles. The number of aromatic nitrogens is 2. The largest absolute Gasteiger partial charge is 0.369 e. The molecule has 1 aromatic rings. The summed E-state index contributed by atoms with van der Waals surface area (Å²) in [6.07, 6.45) is 3.65. The van der Waals surface area contributed by atoms with Crippen molar-refractivity contribution in [3.8, 4) is 0 Å². The minimum Gasteiger partial charge on any atom is -0.369 e. The second-order valence-corrected chi connectivity index (χ2v) is 4.11. The fourth-order valence-electron chi connectivity index (χ4n) is 2.17. The van der Waals surface area contributed by atoms with E-state index in [0.29, 0.717) is 0 Å².